The molecular weight excluding hydrogens is 815 g/mol. The van der Waals surface area contributed by atoms with Gasteiger partial charge >= 0.3 is 59.1 Å². The summed E-state index contributed by atoms with van der Waals surface area (Å²) >= 11 is 0. The minimum Gasteiger partial charge on any atom is -0.871 e. The fourth-order valence-electron chi connectivity index (χ4n) is 4.76. The molecule has 282 valence electrons. The maximum atomic E-state index is 12.9. The molecule has 58 heavy (non-hydrogen) atoms. The molecule has 0 radical (unpaired) electrons. The van der Waals surface area contributed by atoms with Crippen LogP contribution in [0, 0.1) is 0 Å². The summed E-state index contributed by atoms with van der Waals surface area (Å²) in [7, 11) is -8.77. The summed E-state index contributed by atoms with van der Waals surface area (Å²) in [6, 6.07) is 27.8. The van der Waals surface area contributed by atoms with Gasteiger partial charge in [-0.25, -0.2) is 0 Å². The Hall–Kier alpha value is -5.26. The second-order valence-electron chi connectivity index (χ2n) is 11.5. The number of hydrogen-bond acceptors (Lipinski definition) is 16. The van der Waals surface area contributed by atoms with E-state index in [9.17, 15) is 36.6 Å². The smallest absolute Gasteiger partial charge is 0.871 e. The molecule has 0 unspecified atom stereocenters. The van der Waals surface area contributed by atoms with Crippen molar-refractivity contribution in [1.29, 1.82) is 0 Å². The quantitative estimate of drug-likeness (QED) is 0.0491. The first-order valence-corrected chi connectivity index (χ1v) is 18.7. The molecule has 0 aliphatic rings. The van der Waals surface area contributed by atoms with Crippen LogP contribution in [0.3, 0.4) is 0 Å². The predicted octanol–water partition coefficient (Wildman–Crippen LogP) is -1.72. The minimum absolute atomic E-state index is 0. The van der Waals surface area contributed by atoms with Gasteiger partial charge in [0.1, 0.15) is 5.36 Å². The Morgan fingerprint density at radius 3 is 1.53 bits per heavy atom. The molecule has 22 heteroatoms. The van der Waals surface area contributed by atoms with Crippen molar-refractivity contribution in [2.24, 2.45) is 30.7 Å². The number of rotatable bonds is 11. The third kappa shape index (κ3) is 11.4. The monoisotopic (exact) mass is 838 g/mol. The molecule has 0 aliphatic heterocycles. The number of nitrogens with zero attached hydrogens (tertiary/aromatic N) is 6. The molecule has 6 aromatic carbocycles. The molecule has 0 spiro atoms. The molecule has 0 aliphatic carbocycles. The molecular formula is C36H24N8Na2O10S2. The molecule has 4 N–H and O–H groups in total. The SMILES string of the molecule is O=c1ccc(=NNc2ccc(S(=O)(=O)O)cc2)c(=O)c1=NNc1ccc(-c2ccc(N=Nc3c([O-])ccc(N=Nc4ccc(S(=O)(=O)O)cc4)c3[O-])cc2)cc1.[Na+].[Na+]. The first-order chi connectivity index (χ1) is 26.7. The van der Waals surface area contributed by atoms with Gasteiger partial charge in [-0.1, -0.05) is 41.8 Å². The number of nitrogens with one attached hydrogen (secondary N) is 2. The van der Waals surface area contributed by atoms with E-state index in [2.05, 4.69) is 41.5 Å². The van der Waals surface area contributed by atoms with Crippen LogP contribution in [-0.4, -0.2) is 25.9 Å². The van der Waals surface area contributed by atoms with E-state index in [1.54, 1.807) is 48.5 Å². The Labute approximate surface area is 372 Å². The summed E-state index contributed by atoms with van der Waals surface area (Å²) in [6.45, 7) is 0. The van der Waals surface area contributed by atoms with Gasteiger partial charge in [0.25, 0.3) is 20.2 Å². The topological polar surface area (TPSA) is 287 Å². The van der Waals surface area contributed by atoms with Gasteiger partial charge in [-0.2, -0.15) is 47.5 Å². The summed E-state index contributed by atoms with van der Waals surface area (Å²) in [5.74, 6) is -1.51. The van der Waals surface area contributed by atoms with Crippen molar-refractivity contribution in [3.8, 4) is 22.6 Å². The van der Waals surface area contributed by atoms with Crippen LogP contribution in [0.1, 0.15) is 0 Å². The van der Waals surface area contributed by atoms with E-state index in [-0.39, 0.29) is 85.6 Å². The standard InChI is InChI=1S/C36H26N8O10S2.2Na/c45-31-19-17-29(41-37-25-9-13-27(14-10-25)55(49,50)51)35(47)33(31)43-39-23-5-1-21(2-6-23)22-3-7-24(8-4-22)40-44-34-32(46)20-18-30(36(34)48)42-38-26-11-15-28(16-12-26)56(52,53)54;;/h1-20,37,39,46,48H,(H,49,50,51)(H,52,53,54);;/q;2*+1/p-2. The fourth-order valence-corrected chi connectivity index (χ4v) is 5.72. The van der Waals surface area contributed by atoms with Gasteiger partial charge in [0.2, 0.25) is 10.9 Å². The van der Waals surface area contributed by atoms with E-state index >= 15 is 0 Å². The molecule has 0 bridgehead atoms. The van der Waals surface area contributed by atoms with E-state index in [0.717, 1.165) is 47.5 Å². The number of hydrogen-bond donors (Lipinski definition) is 4. The molecule has 0 saturated heterocycles. The van der Waals surface area contributed by atoms with Crippen molar-refractivity contribution in [2.45, 2.75) is 9.79 Å². The van der Waals surface area contributed by atoms with Crippen molar-refractivity contribution in [2.75, 3.05) is 10.9 Å². The molecule has 0 aromatic heterocycles. The summed E-state index contributed by atoms with van der Waals surface area (Å²) in [6.07, 6.45) is 0. The van der Waals surface area contributed by atoms with Crippen molar-refractivity contribution in [3.05, 3.63) is 152 Å². The Balaban J connectivity index is 0.00000372. The van der Waals surface area contributed by atoms with Crippen LogP contribution in [0.2, 0.25) is 0 Å². The number of anilines is 2. The van der Waals surface area contributed by atoms with Crippen LogP contribution in [0.25, 0.3) is 11.1 Å². The maximum Gasteiger partial charge on any atom is 1.00 e. The zero-order valence-electron chi connectivity index (χ0n) is 30.2. The maximum absolute atomic E-state index is 12.9. The van der Waals surface area contributed by atoms with Crippen LogP contribution in [-0.2, 0) is 20.2 Å². The molecule has 0 atom stereocenters. The molecule has 6 rings (SSSR count). The second kappa shape index (κ2) is 19.5. The Morgan fingerprint density at radius 2 is 0.983 bits per heavy atom. The molecule has 0 saturated carbocycles. The third-order valence-electron chi connectivity index (χ3n) is 7.66. The normalized spacial score (nSPS) is 12.3. The average Bonchev–Trinajstić information content (AvgIpc) is 3.17. The third-order valence-corrected chi connectivity index (χ3v) is 9.40. The minimum atomic E-state index is -4.39. The van der Waals surface area contributed by atoms with Crippen LogP contribution in [0.4, 0.5) is 34.1 Å². The van der Waals surface area contributed by atoms with Crippen LogP contribution in [0.15, 0.2) is 171 Å². The van der Waals surface area contributed by atoms with Crippen molar-refractivity contribution in [3.63, 3.8) is 0 Å². The molecule has 0 amide bonds. The summed E-state index contributed by atoms with van der Waals surface area (Å²) in [5.41, 5.74) is 5.99. The zero-order chi connectivity index (χ0) is 40.0. The second-order valence-corrected chi connectivity index (χ2v) is 14.3. The van der Waals surface area contributed by atoms with E-state index in [4.69, 9.17) is 9.11 Å². The summed E-state index contributed by atoms with van der Waals surface area (Å²) < 4.78 is 63.1. The van der Waals surface area contributed by atoms with E-state index in [1.807, 2.05) is 0 Å². The van der Waals surface area contributed by atoms with Gasteiger partial charge in [0.05, 0.1) is 43.9 Å². The van der Waals surface area contributed by atoms with Gasteiger partial charge in [0, 0.05) is 0 Å². The molecule has 18 nitrogen and oxygen atoms in total. The predicted molar refractivity (Wildman–Crippen MR) is 198 cm³/mol. The fraction of sp³-hybridized carbons (Fsp3) is 0. The molecule has 0 heterocycles. The van der Waals surface area contributed by atoms with Crippen LogP contribution < -0.4 is 102 Å². The first-order valence-electron chi connectivity index (χ1n) is 15.8. The van der Waals surface area contributed by atoms with Gasteiger partial charge in [-0.05, 0) is 102 Å². The average molecular weight is 839 g/mol. The van der Waals surface area contributed by atoms with Crippen molar-refractivity contribution in [1.82, 2.24) is 0 Å². The summed E-state index contributed by atoms with van der Waals surface area (Å²) in [5, 5.41) is 48.2. The number of benzene rings is 6. The largest absolute Gasteiger partial charge is 1.00 e. The first kappa shape index (κ1) is 45.4. The van der Waals surface area contributed by atoms with Crippen LogP contribution >= 0.6 is 0 Å². The molecule has 6 aromatic rings. The van der Waals surface area contributed by atoms with Crippen LogP contribution in [0.5, 0.6) is 11.5 Å². The van der Waals surface area contributed by atoms with Crippen molar-refractivity contribution >= 4 is 54.4 Å². The van der Waals surface area contributed by atoms with E-state index in [0.29, 0.717) is 17.1 Å². The Bertz CT molecular complexity index is 2960. The zero-order valence-corrected chi connectivity index (χ0v) is 35.8. The van der Waals surface area contributed by atoms with Crippen molar-refractivity contribution < 1.29 is 95.3 Å². The summed E-state index contributed by atoms with van der Waals surface area (Å²) in [4.78, 5) is 24.7. The van der Waals surface area contributed by atoms with Gasteiger partial charge < -0.3 is 10.2 Å². The van der Waals surface area contributed by atoms with E-state index < -0.39 is 53.6 Å². The Morgan fingerprint density at radius 1 is 0.517 bits per heavy atom. The van der Waals surface area contributed by atoms with Gasteiger partial charge in [-0.15, -0.1) is 0 Å². The Kier molecular flexibility index (Phi) is 15.2. The van der Waals surface area contributed by atoms with Gasteiger partial charge in [0.15, 0.2) is 5.36 Å². The van der Waals surface area contributed by atoms with E-state index in [1.165, 1.54) is 36.4 Å². The molecule has 0 fully saturated rings. The van der Waals surface area contributed by atoms with Gasteiger partial charge in [-0.3, -0.25) is 29.5 Å². The number of azo groups is 2.